The molecule has 0 radical (unpaired) electrons. The first-order valence-corrected chi connectivity index (χ1v) is 7.10. The topological polar surface area (TPSA) is 55.1 Å². The van der Waals surface area contributed by atoms with Crippen molar-refractivity contribution in [2.75, 3.05) is 5.32 Å². The molecular formula is C16H11BrN2O2. The van der Waals surface area contributed by atoms with E-state index in [1.54, 1.807) is 24.4 Å². The van der Waals surface area contributed by atoms with Crippen LogP contribution in [-0.4, -0.2) is 11.1 Å². The summed E-state index contributed by atoms with van der Waals surface area (Å²) in [5.41, 5.74) is 2.22. The summed E-state index contributed by atoms with van der Waals surface area (Å²) in [5, 5.41) is 6.51. The minimum absolute atomic E-state index is 0.245. The second-order valence-corrected chi connectivity index (χ2v) is 5.31. The molecule has 21 heavy (non-hydrogen) atoms. The summed E-state index contributed by atoms with van der Waals surface area (Å²) in [6, 6.07) is 16.8. The molecule has 1 amide bonds. The van der Waals surface area contributed by atoms with Crippen molar-refractivity contribution < 1.29 is 9.32 Å². The number of rotatable bonds is 3. The molecule has 0 aliphatic heterocycles. The van der Waals surface area contributed by atoms with Gasteiger partial charge in [-0.05, 0) is 23.8 Å². The SMILES string of the molecule is O=C(Nc1oncc1-c1ccccc1)c1cccc(Br)c1. The van der Waals surface area contributed by atoms with Crippen LogP contribution >= 0.6 is 15.9 Å². The predicted octanol–water partition coefficient (Wildman–Crippen LogP) is 4.36. The molecule has 3 aromatic rings. The third-order valence-electron chi connectivity index (χ3n) is 2.97. The van der Waals surface area contributed by atoms with Crippen molar-refractivity contribution >= 4 is 27.7 Å². The van der Waals surface area contributed by atoms with Gasteiger partial charge in [-0.1, -0.05) is 57.5 Å². The van der Waals surface area contributed by atoms with Gasteiger partial charge in [-0.15, -0.1) is 0 Å². The first kappa shape index (κ1) is 13.6. The van der Waals surface area contributed by atoms with E-state index in [-0.39, 0.29) is 5.91 Å². The average Bonchev–Trinajstić information content (AvgIpc) is 2.96. The maximum atomic E-state index is 12.2. The number of benzene rings is 2. The van der Waals surface area contributed by atoms with Crippen LogP contribution in [0.4, 0.5) is 5.88 Å². The van der Waals surface area contributed by atoms with Crippen molar-refractivity contribution in [1.82, 2.24) is 5.16 Å². The van der Waals surface area contributed by atoms with E-state index in [4.69, 9.17) is 4.52 Å². The highest BCUT2D eigenvalue weighted by Crippen LogP contribution is 2.27. The Morgan fingerprint density at radius 2 is 1.90 bits per heavy atom. The molecule has 104 valence electrons. The lowest BCUT2D eigenvalue weighted by molar-refractivity contribution is 0.102. The third kappa shape index (κ3) is 3.03. The molecule has 0 fully saturated rings. The number of carbonyl (C=O) groups is 1. The lowest BCUT2D eigenvalue weighted by Crippen LogP contribution is -2.11. The maximum absolute atomic E-state index is 12.2. The van der Waals surface area contributed by atoms with Crippen LogP contribution in [0.15, 0.2) is 69.8 Å². The van der Waals surface area contributed by atoms with Crippen molar-refractivity contribution in [3.05, 3.63) is 70.8 Å². The lowest BCUT2D eigenvalue weighted by atomic mass is 10.1. The highest BCUT2D eigenvalue weighted by atomic mass is 79.9. The van der Waals surface area contributed by atoms with Crippen molar-refractivity contribution in [3.63, 3.8) is 0 Å². The summed E-state index contributed by atoms with van der Waals surface area (Å²) in [7, 11) is 0. The molecule has 1 aromatic heterocycles. The number of hydrogen-bond acceptors (Lipinski definition) is 3. The Morgan fingerprint density at radius 1 is 1.10 bits per heavy atom. The number of carbonyl (C=O) groups excluding carboxylic acids is 1. The van der Waals surface area contributed by atoms with Crippen molar-refractivity contribution in [3.8, 4) is 11.1 Å². The largest absolute Gasteiger partial charge is 0.338 e. The Labute approximate surface area is 129 Å². The van der Waals surface area contributed by atoms with Crippen molar-refractivity contribution in [1.29, 1.82) is 0 Å². The fourth-order valence-corrected chi connectivity index (χ4v) is 2.36. The number of hydrogen-bond donors (Lipinski definition) is 1. The van der Waals surface area contributed by atoms with E-state index in [9.17, 15) is 4.79 Å². The first-order valence-electron chi connectivity index (χ1n) is 6.31. The molecule has 2 aromatic carbocycles. The van der Waals surface area contributed by atoms with Gasteiger partial charge < -0.3 is 4.52 Å². The van der Waals surface area contributed by atoms with Gasteiger partial charge in [0, 0.05) is 10.0 Å². The molecule has 0 aliphatic carbocycles. The Balaban J connectivity index is 1.87. The molecule has 0 aliphatic rings. The fraction of sp³-hybridized carbons (Fsp3) is 0. The third-order valence-corrected chi connectivity index (χ3v) is 3.46. The van der Waals surface area contributed by atoms with E-state index in [1.165, 1.54) is 0 Å². The van der Waals surface area contributed by atoms with Crippen molar-refractivity contribution in [2.24, 2.45) is 0 Å². The Morgan fingerprint density at radius 3 is 2.67 bits per heavy atom. The molecule has 0 spiro atoms. The minimum atomic E-state index is -0.245. The van der Waals surface area contributed by atoms with Crippen LogP contribution < -0.4 is 5.32 Å². The summed E-state index contributed by atoms with van der Waals surface area (Å²) in [4.78, 5) is 12.2. The summed E-state index contributed by atoms with van der Waals surface area (Å²) < 4.78 is 5.99. The zero-order chi connectivity index (χ0) is 14.7. The van der Waals surface area contributed by atoms with E-state index in [2.05, 4.69) is 26.4 Å². The van der Waals surface area contributed by atoms with Crippen molar-refractivity contribution in [2.45, 2.75) is 0 Å². The summed E-state index contributed by atoms with van der Waals surface area (Å²) in [6.45, 7) is 0. The van der Waals surface area contributed by atoms with Crippen LogP contribution in [0.1, 0.15) is 10.4 Å². The van der Waals surface area contributed by atoms with E-state index >= 15 is 0 Å². The molecule has 0 bridgehead atoms. The van der Waals surface area contributed by atoms with Crippen LogP contribution in [0.5, 0.6) is 0 Å². The van der Waals surface area contributed by atoms with Gasteiger partial charge in [-0.25, -0.2) is 0 Å². The van der Waals surface area contributed by atoms with Gasteiger partial charge in [0.25, 0.3) is 5.91 Å². The van der Waals surface area contributed by atoms with Gasteiger partial charge in [0.05, 0.1) is 11.8 Å². The standard InChI is InChI=1S/C16H11BrN2O2/c17-13-8-4-7-12(9-13)15(20)19-16-14(10-18-21-16)11-5-2-1-3-6-11/h1-10H,(H,19,20). The van der Waals surface area contributed by atoms with Gasteiger partial charge in [-0.2, -0.15) is 0 Å². The molecule has 1 N–H and O–H groups in total. The smallest absolute Gasteiger partial charge is 0.258 e. The Hall–Kier alpha value is -2.40. The van der Waals surface area contributed by atoms with Crippen LogP contribution in [0.3, 0.4) is 0 Å². The van der Waals surface area contributed by atoms with Gasteiger partial charge in [0.15, 0.2) is 0 Å². The fourth-order valence-electron chi connectivity index (χ4n) is 1.96. The molecule has 0 saturated heterocycles. The second-order valence-electron chi connectivity index (χ2n) is 4.40. The molecule has 5 heteroatoms. The Kier molecular flexibility index (Phi) is 3.83. The normalized spacial score (nSPS) is 10.3. The Bertz CT molecular complexity index is 769. The maximum Gasteiger partial charge on any atom is 0.258 e. The van der Waals surface area contributed by atoms with E-state index in [0.717, 1.165) is 15.6 Å². The molecule has 4 nitrogen and oxygen atoms in total. The zero-order valence-corrected chi connectivity index (χ0v) is 12.5. The van der Waals surface area contributed by atoms with Gasteiger partial charge in [0.2, 0.25) is 5.88 Å². The summed E-state index contributed by atoms with van der Waals surface area (Å²) in [5.74, 6) is 0.0939. The first-order chi connectivity index (χ1) is 10.2. The average molecular weight is 343 g/mol. The highest BCUT2D eigenvalue weighted by molar-refractivity contribution is 9.10. The molecular weight excluding hydrogens is 332 g/mol. The number of anilines is 1. The molecule has 1 heterocycles. The van der Waals surface area contributed by atoms with Crippen LogP contribution in [0.2, 0.25) is 0 Å². The van der Waals surface area contributed by atoms with Crippen LogP contribution in [-0.2, 0) is 0 Å². The molecule has 0 saturated carbocycles. The zero-order valence-electron chi connectivity index (χ0n) is 10.9. The lowest BCUT2D eigenvalue weighted by Gasteiger charge is -2.04. The molecule has 3 rings (SSSR count). The monoisotopic (exact) mass is 342 g/mol. The van der Waals surface area contributed by atoms with E-state index in [1.807, 2.05) is 36.4 Å². The minimum Gasteiger partial charge on any atom is -0.338 e. The quantitative estimate of drug-likeness (QED) is 0.769. The van der Waals surface area contributed by atoms with Gasteiger partial charge >= 0.3 is 0 Å². The van der Waals surface area contributed by atoms with E-state index < -0.39 is 0 Å². The summed E-state index contributed by atoms with van der Waals surface area (Å²) in [6.07, 6.45) is 1.59. The number of nitrogens with one attached hydrogen (secondary N) is 1. The van der Waals surface area contributed by atoms with Crippen LogP contribution in [0, 0.1) is 0 Å². The van der Waals surface area contributed by atoms with E-state index in [0.29, 0.717) is 11.4 Å². The number of halogens is 1. The number of nitrogens with zero attached hydrogens (tertiary/aromatic N) is 1. The second kappa shape index (κ2) is 5.93. The van der Waals surface area contributed by atoms with Gasteiger partial charge in [-0.3, -0.25) is 10.1 Å². The summed E-state index contributed by atoms with van der Waals surface area (Å²) >= 11 is 3.34. The van der Waals surface area contributed by atoms with Crippen LogP contribution in [0.25, 0.3) is 11.1 Å². The number of amides is 1. The predicted molar refractivity (Wildman–Crippen MR) is 84.0 cm³/mol. The highest BCUT2D eigenvalue weighted by Gasteiger charge is 2.14. The molecule has 0 unspecified atom stereocenters. The van der Waals surface area contributed by atoms with Gasteiger partial charge in [0.1, 0.15) is 0 Å². The number of aromatic nitrogens is 1. The molecule has 0 atom stereocenters.